The van der Waals surface area contributed by atoms with Gasteiger partial charge in [-0.2, -0.15) is 0 Å². The minimum atomic E-state index is -0.0454. The Labute approximate surface area is 257 Å². The van der Waals surface area contributed by atoms with Crippen molar-refractivity contribution >= 4 is 23.2 Å². The summed E-state index contributed by atoms with van der Waals surface area (Å²) in [5.41, 5.74) is 6.27. The van der Waals surface area contributed by atoms with Gasteiger partial charge in [-0.15, -0.1) is 0 Å². The van der Waals surface area contributed by atoms with Gasteiger partial charge in [-0.3, -0.25) is 0 Å². The van der Waals surface area contributed by atoms with Crippen LogP contribution < -0.4 is 14.8 Å². The smallest absolute Gasteiger partial charge is 0.218 e. The van der Waals surface area contributed by atoms with Crippen LogP contribution in [-0.2, 0) is 13.0 Å². The second kappa shape index (κ2) is 14.8. The fourth-order valence-corrected chi connectivity index (χ4v) is 5.28. The van der Waals surface area contributed by atoms with Crippen LogP contribution in [0.25, 0.3) is 33.6 Å². The summed E-state index contributed by atoms with van der Waals surface area (Å²) < 4.78 is 11.2. The van der Waals surface area contributed by atoms with E-state index in [-0.39, 0.29) is 25.2 Å². The molecule has 0 unspecified atom stereocenters. The highest BCUT2D eigenvalue weighted by atomic mass is 35.5. The number of hydrogen-bond donors (Lipinski definition) is 3. The van der Waals surface area contributed by atoms with Crippen molar-refractivity contribution in [3.8, 4) is 45.4 Å². The minimum Gasteiger partial charge on any atom is -0.481 e. The molecule has 0 saturated heterocycles. The van der Waals surface area contributed by atoms with Crippen LogP contribution in [0.2, 0.25) is 10.0 Å². The minimum absolute atomic E-state index is 0.0413. The highest BCUT2D eigenvalue weighted by Gasteiger charge is 2.18. The second-order valence-electron chi connectivity index (χ2n) is 10.4. The molecule has 2 aromatic carbocycles. The summed E-state index contributed by atoms with van der Waals surface area (Å²) >= 11 is 14.0. The molecule has 4 aromatic rings. The molecule has 222 valence electrons. The van der Waals surface area contributed by atoms with Gasteiger partial charge < -0.3 is 25.0 Å². The summed E-state index contributed by atoms with van der Waals surface area (Å²) in [5.74, 6) is 1.23. The first kappa shape index (κ1) is 31.7. The van der Waals surface area contributed by atoms with E-state index in [1.807, 2.05) is 74.5 Å². The Morgan fingerprint density at radius 3 is 1.71 bits per heavy atom. The lowest BCUT2D eigenvalue weighted by atomic mass is 9.97. The number of halogens is 2. The number of aliphatic hydroxyl groups excluding tert-OH is 2. The molecule has 2 heterocycles. The van der Waals surface area contributed by atoms with E-state index in [9.17, 15) is 10.2 Å². The summed E-state index contributed by atoms with van der Waals surface area (Å²) in [5, 5.41) is 23.0. The second-order valence-corrected chi connectivity index (χ2v) is 11.1. The number of rotatable bonds is 13. The first-order valence-corrected chi connectivity index (χ1v) is 14.7. The van der Waals surface area contributed by atoms with Gasteiger partial charge in [0.05, 0.1) is 42.3 Å². The van der Waals surface area contributed by atoms with Gasteiger partial charge >= 0.3 is 0 Å². The molecule has 7 nitrogen and oxygen atoms in total. The molecule has 2 atom stereocenters. The molecule has 0 fully saturated rings. The van der Waals surface area contributed by atoms with Crippen LogP contribution in [0.4, 0.5) is 0 Å². The highest BCUT2D eigenvalue weighted by Crippen LogP contribution is 2.42. The average molecular weight is 611 g/mol. The van der Waals surface area contributed by atoms with Crippen molar-refractivity contribution in [1.82, 2.24) is 15.3 Å². The Morgan fingerprint density at radius 2 is 1.21 bits per heavy atom. The largest absolute Gasteiger partial charge is 0.481 e. The molecule has 0 spiro atoms. The molecular weight excluding hydrogens is 573 g/mol. The molecule has 0 amide bonds. The third-order valence-electron chi connectivity index (χ3n) is 7.24. The Kier molecular flexibility index (Phi) is 11.2. The third kappa shape index (κ3) is 7.22. The molecule has 0 bridgehead atoms. The van der Waals surface area contributed by atoms with Crippen LogP contribution in [0.15, 0.2) is 60.7 Å². The van der Waals surface area contributed by atoms with Gasteiger partial charge in [0.25, 0.3) is 0 Å². The number of pyridine rings is 2. The van der Waals surface area contributed by atoms with Gasteiger partial charge in [-0.05, 0) is 37.8 Å². The van der Waals surface area contributed by atoms with Crippen molar-refractivity contribution < 1.29 is 19.7 Å². The Morgan fingerprint density at radius 1 is 0.714 bits per heavy atom. The molecule has 0 radical (unpaired) electrons. The van der Waals surface area contributed by atoms with Crippen LogP contribution in [0, 0.1) is 5.92 Å². The normalized spacial score (nSPS) is 12.7. The lowest BCUT2D eigenvalue weighted by molar-refractivity contribution is 0.230. The van der Waals surface area contributed by atoms with Gasteiger partial charge in [-0.25, -0.2) is 9.97 Å². The number of aliphatic hydroxyl groups is 2. The van der Waals surface area contributed by atoms with Crippen LogP contribution in [0.5, 0.6) is 11.8 Å². The number of benzene rings is 2. The summed E-state index contributed by atoms with van der Waals surface area (Å²) in [6.45, 7) is 4.62. The zero-order valence-corrected chi connectivity index (χ0v) is 25.8. The molecule has 3 N–H and O–H groups in total. The molecule has 9 heteroatoms. The zero-order chi connectivity index (χ0) is 30.2. The van der Waals surface area contributed by atoms with Gasteiger partial charge in [-0.1, -0.05) is 78.7 Å². The maximum absolute atomic E-state index is 9.37. The Balaban J connectivity index is 1.68. The van der Waals surface area contributed by atoms with Crippen molar-refractivity contribution in [3.63, 3.8) is 0 Å². The lowest BCUT2D eigenvalue weighted by Crippen LogP contribution is -2.28. The standard InChI is InChI=1S/C33H37Cl2N3O4/c1-20(18-39)11-12-22-13-15-28(37-32(22)41-3)26-9-5-7-24(30(26)34)25-8-6-10-27(31(25)35)29-16-14-23(33(38-29)42-4)17-36-21(2)19-40/h5-10,13-16,20-21,36,39-40H,11-12,17-19H2,1-4H3/t20-,21+/m1/s1. The summed E-state index contributed by atoms with van der Waals surface area (Å²) in [6.07, 6.45) is 1.59. The fraction of sp³-hybridized carbons (Fsp3) is 0.333. The molecular formula is C33H37Cl2N3O4. The molecule has 2 aromatic heterocycles. The van der Waals surface area contributed by atoms with E-state index < -0.39 is 0 Å². The van der Waals surface area contributed by atoms with E-state index >= 15 is 0 Å². The van der Waals surface area contributed by atoms with Gasteiger partial charge in [0.2, 0.25) is 11.8 Å². The number of aryl methyl sites for hydroxylation is 1. The van der Waals surface area contributed by atoms with Crippen molar-refractivity contribution in [2.24, 2.45) is 5.92 Å². The van der Waals surface area contributed by atoms with Crippen molar-refractivity contribution in [2.45, 2.75) is 39.3 Å². The van der Waals surface area contributed by atoms with E-state index in [4.69, 9.17) is 42.6 Å². The summed E-state index contributed by atoms with van der Waals surface area (Å²) in [4.78, 5) is 9.49. The fourth-order valence-electron chi connectivity index (χ4n) is 4.63. The molecule has 0 saturated carbocycles. The van der Waals surface area contributed by atoms with Crippen molar-refractivity contribution in [2.75, 3.05) is 27.4 Å². The van der Waals surface area contributed by atoms with Crippen molar-refractivity contribution in [3.05, 3.63) is 81.8 Å². The van der Waals surface area contributed by atoms with Gasteiger partial charge in [0, 0.05) is 52.6 Å². The van der Waals surface area contributed by atoms with Crippen LogP contribution in [0.1, 0.15) is 31.4 Å². The van der Waals surface area contributed by atoms with E-state index in [1.54, 1.807) is 14.2 Å². The zero-order valence-electron chi connectivity index (χ0n) is 24.3. The van der Waals surface area contributed by atoms with Gasteiger partial charge in [0.1, 0.15) is 0 Å². The SMILES string of the molecule is COc1nc(-c2cccc(-c3cccc(-c4ccc(CN[C@@H](C)CO)c(OC)n4)c3Cl)c2Cl)ccc1CC[C@@H](C)CO. The van der Waals surface area contributed by atoms with E-state index in [1.165, 1.54) is 0 Å². The number of ether oxygens (including phenoxy) is 2. The molecule has 0 aliphatic rings. The number of nitrogens with zero attached hydrogens (tertiary/aromatic N) is 2. The lowest BCUT2D eigenvalue weighted by Gasteiger charge is -2.16. The van der Waals surface area contributed by atoms with E-state index in [2.05, 4.69) is 5.32 Å². The molecule has 42 heavy (non-hydrogen) atoms. The number of hydrogen-bond acceptors (Lipinski definition) is 7. The van der Waals surface area contributed by atoms with Crippen LogP contribution in [0.3, 0.4) is 0 Å². The topological polar surface area (TPSA) is 96.7 Å². The number of aromatic nitrogens is 2. The highest BCUT2D eigenvalue weighted by molar-refractivity contribution is 6.39. The number of nitrogens with one attached hydrogen (secondary N) is 1. The Bertz CT molecular complexity index is 1400. The maximum atomic E-state index is 9.37. The van der Waals surface area contributed by atoms with E-state index in [0.29, 0.717) is 39.7 Å². The summed E-state index contributed by atoms with van der Waals surface area (Å²) in [6, 6.07) is 19.3. The van der Waals surface area contributed by atoms with Crippen LogP contribution in [-0.4, -0.2) is 53.7 Å². The predicted molar refractivity (Wildman–Crippen MR) is 169 cm³/mol. The first-order valence-electron chi connectivity index (χ1n) is 13.9. The molecule has 0 aliphatic carbocycles. The Hall–Kier alpha value is -3.20. The van der Waals surface area contributed by atoms with Crippen molar-refractivity contribution in [1.29, 1.82) is 0 Å². The maximum Gasteiger partial charge on any atom is 0.218 e. The molecule has 4 rings (SSSR count). The van der Waals surface area contributed by atoms with E-state index in [0.717, 1.165) is 46.2 Å². The average Bonchev–Trinajstić information content (AvgIpc) is 3.02. The van der Waals surface area contributed by atoms with Crippen LogP contribution >= 0.6 is 23.2 Å². The monoisotopic (exact) mass is 609 g/mol. The quantitative estimate of drug-likeness (QED) is 0.153. The number of methoxy groups -OCH3 is 2. The molecule has 0 aliphatic heterocycles. The first-order chi connectivity index (χ1) is 20.3. The third-order valence-corrected chi connectivity index (χ3v) is 8.05. The summed E-state index contributed by atoms with van der Waals surface area (Å²) in [7, 11) is 3.19. The predicted octanol–water partition coefficient (Wildman–Crippen LogP) is 6.83. The van der Waals surface area contributed by atoms with Gasteiger partial charge in [0.15, 0.2) is 0 Å².